The predicted molar refractivity (Wildman–Crippen MR) is 59.8 cm³/mol. The number of hydrogen-bond donors (Lipinski definition) is 1. The van der Waals surface area contributed by atoms with Gasteiger partial charge in [0.15, 0.2) is 0 Å². The molecule has 0 aliphatic heterocycles. The zero-order valence-corrected chi connectivity index (χ0v) is 10.1. The molecule has 1 aromatic heterocycles. The summed E-state index contributed by atoms with van der Waals surface area (Å²) < 4.78 is 5.17. The molecule has 0 spiro atoms. The molecule has 5 heteroatoms. The smallest absolute Gasteiger partial charge is 0.249 e. The molecule has 0 fully saturated rings. The van der Waals surface area contributed by atoms with Crippen molar-refractivity contribution in [2.75, 3.05) is 6.61 Å². The van der Waals surface area contributed by atoms with Gasteiger partial charge in [0, 0.05) is 17.7 Å². The van der Waals surface area contributed by atoms with Crippen molar-refractivity contribution in [2.24, 2.45) is 0 Å². The third-order valence-corrected chi connectivity index (χ3v) is 2.83. The van der Waals surface area contributed by atoms with Crippen LogP contribution in [0.4, 0.5) is 0 Å². The van der Waals surface area contributed by atoms with Gasteiger partial charge in [-0.15, -0.1) is 11.3 Å². The fourth-order valence-corrected chi connectivity index (χ4v) is 1.83. The first-order chi connectivity index (χ1) is 7.13. The fraction of sp³-hybridized carbons (Fsp3) is 0.600. The Labute approximate surface area is 93.7 Å². The summed E-state index contributed by atoms with van der Waals surface area (Å²) in [6.45, 7) is 6.57. The molecule has 0 saturated carbocycles. The van der Waals surface area contributed by atoms with Crippen LogP contribution >= 0.6 is 11.3 Å². The molecule has 0 bridgehead atoms. The van der Waals surface area contributed by atoms with E-state index in [-0.39, 0.29) is 5.91 Å². The van der Waals surface area contributed by atoms with Crippen LogP contribution in [-0.4, -0.2) is 23.6 Å². The number of nitrogens with one attached hydrogen (secondary N) is 1. The summed E-state index contributed by atoms with van der Waals surface area (Å²) in [6, 6.07) is 0. The summed E-state index contributed by atoms with van der Waals surface area (Å²) in [6.07, 6.45) is -0.393. The second kappa shape index (κ2) is 5.82. The molecule has 84 valence electrons. The van der Waals surface area contributed by atoms with E-state index < -0.39 is 6.10 Å². The second-order valence-corrected chi connectivity index (χ2v) is 4.14. The average Bonchev–Trinajstić information content (AvgIpc) is 2.61. The van der Waals surface area contributed by atoms with Crippen molar-refractivity contribution in [2.45, 2.75) is 33.4 Å². The number of hydrogen-bond acceptors (Lipinski definition) is 4. The van der Waals surface area contributed by atoms with Crippen molar-refractivity contribution in [1.82, 2.24) is 10.3 Å². The molecule has 0 aromatic carbocycles. The van der Waals surface area contributed by atoms with Gasteiger partial charge in [-0.05, 0) is 20.8 Å². The van der Waals surface area contributed by atoms with Gasteiger partial charge < -0.3 is 10.1 Å². The molecule has 1 heterocycles. The van der Waals surface area contributed by atoms with Crippen LogP contribution in [0.15, 0.2) is 5.38 Å². The number of rotatable bonds is 5. The Hall–Kier alpha value is -0.940. The highest BCUT2D eigenvalue weighted by atomic mass is 32.1. The van der Waals surface area contributed by atoms with Gasteiger partial charge in [-0.2, -0.15) is 0 Å². The molecule has 0 aliphatic carbocycles. The molecule has 0 radical (unpaired) electrons. The number of aryl methyl sites for hydroxylation is 1. The second-order valence-electron chi connectivity index (χ2n) is 3.20. The molecule has 1 amide bonds. The van der Waals surface area contributed by atoms with E-state index in [1.54, 1.807) is 18.3 Å². The van der Waals surface area contributed by atoms with Gasteiger partial charge in [-0.1, -0.05) is 0 Å². The van der Waals surface area contributed by atoms with E-state index in [1.165, 1.54) is 0 Å². The standard InChI is InChI=1S/C10H16N2O2S/c1-4-14-8(3)10(13)11-5-9-12-7(2)6-15-9/h6,8H,4-5H2,1-3H3,(H,11,13)/t8-/m0/s1. The zero-order valence-electron chi connectivity index (χ0n) is 9.24. The lowest BCUT2D eigenvalue weighted by molar-refractivity contribution is -0.131. The maximum atomic E-state index is 11.5. The first-order valence-corrected chi connectivity index (χ1v) is 5.81. The summed E-state index contributed by atoms with van der Waals surface area (Å²) in [5.41, 5.74) is 0.988. The summed E-state index contributed by atoms with van der Waals surface area (Å²) in [5.74, 6) is -0.0929. The Morgan fingerprint density at radius 3 is 3.00 bits per heavy atom. The predicted octanol–water partition coefficient (Wildman–Crippen LogP) is 1.49. The number of ether oxygens (including phenoxy) is 1. The van der Waals surface area contributed by atoms with E-state index in [0.717, 1.165) is 10.7 Å². The lowest BCUT2D eigenvalue weighted by atomic mass is 10.4. The molecular formula is C10H16N2O2S. The van der Waals surface area contributed by atoms with Crippen LogP contribution in [0.25, 0.3) is 0 Å². The third-order valence-electron chi connectivity index (χ3n) is 1.87. The van der Waals surface area contributed by atoms with E-state index in [2.05, 4.69) is 10.3 Å². The quantitative estimate of drug-likeness (QED) is 0.830. The topological polar surface area (TPSA) is 51.2 Å². The van der Waals surface area contributed by atoms with Crippen molar-refractivity contribution >= 4 is 17.2 Å². The van der Waals surface area contributed by atoms with Crippen LogP contribution in [0.3, 0.4) is 0 Å². The van der Waals surface area contributed by atoms with Gasteiger partial charge in [0.2, 0.25) is 5.91 Å². The normalized spacial score (nSPS) is 12.5. The number of carbonyl (C=O) groups excluding carboxylic acids is 1. The van der Waals surface area contributed by atoms with Crippen LogP contribution in [0.2, 0.25) is 0 Å². The van der Waals surface area contributed by atoms with Gasteiger partial charge in [-0.3, -0.25) is 4.79 Å². The van der Waals surface area contributed by atoms with Crippen molar-refractivity contribution in [3.8, 4) is 0 Å². The molecule has 1 aromatic rings. The minimum absolute atomic E-state index is 0.0929. The summed E-state index contributed by atoms with van der Waals surface area (Å²) >= 11 is 1.55. The van der Waals surface area contributed by atoms with Gasteiger partial charge in [0.25, 0.3) is 0 Å². The monoisotopic (exact) mass is 228 g/mol. The van der Waals surface area contributed by atoms with E-state index in [0.29, 0.717) is 13.2 Å². The first-order valence-electron chi connectivity index (χ1n) is 4.93. The Balaban J connectivity index is 2.34. The molecule has 1 rings (SSSR count). The number of amides is 1. The van der Waals surface area contributed by atoms with Crippen LogP contribution in [0, 0.1) is 6.92 Å². The number of aromatic nitrogens is 1. The van der Waals surface area contributed by atoms with Crippen LogP contribution in [0.5, 0.6) is 0 Å². The summed E-state index contributed by atoms with van der Waals surface area (Å²) in [7, 11) is 0. The minimum Gasteiger partial charge on any atom is -0.369 e. The van der Waals surface area contributed by atoms with Crippen LogP contribution < -0.4 is 5.32 Å². The van der Waals surface area contributed by atoms with Gasteiger partial charge in [0.05, 0.1) is 6.54 Å². The molecule has 4 nitrogen and oxygen atoms in total. The number of nitrogens with zero attached hydrogens (tertiary/aromatic N) is 1. The summed E-state index contributed by atoms with van der Waals surface area (Å²) in [5, 5.41) is 5.67. The molecule has 0 unspecified atom stereocenters. The summed E-state index contributed by atoms with van der Waals surface area (Å²) in [4.78, 5) is 15.7. The average molecular weight is 228 g/mol. The van der Waals surface area contributed by atoms with E-state index in [9.17, 15) is 4.79 Å². The van der Waals surface area contributed by atoms with Crippen LogP contribution in [-0.2, 0) is 16.1 Å². The Kier molecular flexibility index (Phi) is 4.71. The highest BCUT2D eigenvalue weighted by molar-refractivity contribution is 7.09. The Bertz CT molecular complexity index is 325. The third kappa shape index (κ3) is 3.97. The first kappa shape index (κ1) is 12.1. The highest BCUT2D eigenvalue weighted by Gasteiger charge is 2.12. The number of carbonyl (C=O) groups is 1. The molecule has 1 atom stereocenters. The molecule has 0 aliphatic rings. The lowest BCUT2D eigenvalue weighted by Gasteiger charge is -2.10. The van der Waals surface area contributed by atoms with Gasteiger partial charge >= 0.3 is 0 Å². The van der Waals surface area contributed by atoms with Crippen LogP contribution in [0.1, 0.15) is 24.5 Å². The highest BCUT2D eigenvalue weighted by Crippen LogP contribution is 2.07. The van der Waals surface area contributed by atoms with E-state index in [4.69, 9.17) is 4.74 Å². The minimum atomic E-state index is -0.393. The number of thiazole rings is 1. The Morgan fingerprint density at radius 2 is 2.47 bits per heavy atom. The molecule has 15 heavy (non-hydrogen) atoms. The fourth-order valence-electron chi connectivity index (χ4n) is 1.12. The van der Waals surface area contributed by atoms with Gasteiger partial charge in [0.1, 0.15) is 11.1 Å². The maximum absolute atomic E-state index is 11.5. The van der Waals surface area contributed by atoms with Crippen molar-refractivity contribution in [3.05, 3.63) is 16.1 Å². The van der Waals surface area contributed by atoms with E-state index in [1.807, 2.05) is 19.2 Å². The molecule has 1 N–H and O–H groups in total. The largest absolute Gasteiger partial charge is 0.369 e. The van der Waals surface area contributed by atoms with Gasteiger partial charge in [-0.25, -0.2) is 4.98 Å². The SMILES string of the molecule is CCO[C@@H](C)C(=O)NCc1nc(C)cs1. The Morgan fingerprint density at radius 1 is 1.73 bits per heavy atom. The molecule has 0 saturated heterocycles. The maximum Gasteiger partial charge on any atom is 0.249 e. The van der Waals surface area contributed by atoms with E-state index >= 15 is 0 Å². The zero-order chi connectivity index (χ0) is 11.3. The lowest BCUT2D eigenvalue weighted by Crippen LogP contribution is -2.34. The van der Waals surface area contributed by atoms with Crippen molar-refractivity contribution in [1.29, 1.82) is 0 Å². The molecular weight excluding hydrogens is 212 g/mol. The van der Waals surface area contributed by atoms with Crippen molar-refractivity contribution < 1.29 is 9.53 Å². The van der Waals surface area contributed by atoms with Crippen molar-refractivity contribution in [3.63, 3.8) is 0 Å².